The van der Waals surface area contributed by atoms with Crippen LogP contribution in [0.4, 0.5) is 5.69 Å². The van der Waals surface area contributed by atoms with Crippen molar-refractivity contribution >= 4 is 34.9 Å². The minimum absolute atomic E-state index is 0.0363. The molecule has 2 aromatic carbocycles. The van der Waals surface area contributed by atoms with Crippen molar-refractivity contribution in [2.75, 3.05) is 11.1 Å². The number of amides is 1. The molecule has 6 heteroatoms. The molecule has 0 aliphatic rings. The van der Waals surface area contributed by atoms with E-state index in [0.717, 1.165) is 26.7 Å². The zero-order valence-electron chi connectivity index (χ0n) is 14.4. The maximum absolute atomic E-state index is 12.2. The highest BCUT2D eigenvalue weighted by atomic mass is 32.2. The minimum atomic E-state index is -0.0363. The topological polar surface area (TPSA) is 54.9 Å². The fourth-order valence-corrected chi connectivity index (χ4v) is 3.70. The van der Waals surface area contributed by atoms with Crippen molar-refractivity contribution in [2.24, 2.45) is 0 Å². The predicted octanol–water partition coefficient (Wildman–Crippen LogP) is 4.86. The lowest BCUT2D eigenvalue weighted by Crippen LogP contribution is -2.15. The molecule has 0 unspecified atom stereocenters. The first-order valence-electron chi connectivity index (χ1n) is 7.92. The number of carbonyl (C=O) groups is 1. The Morgan fingerprint density at radius 1 is 1.12 bits per heavy atom. The second-order valence-electron chi connectivity index (χ2n) is 5.83. The molecule has 0 aliphatic carbocycles. The molecule has 25 heavy (non-hydrogen) atoms. The van der Waals surface area contributed by atoms with E-state index in [1.165, 1.54) is 28.9 Å². The van der Waals surface area contributed by atoms with Gasteiger partial charge in [0.2, 0.25) is 5.91 Å². The average Bonchev–Trinajstić information content (AvgIpc) is 3.07. The van der Waals surface area contributed by atoms with Gasteiger partial charge < -0.3 is 5.32 Å². The van der Waals surface area contributed by atoms with Crippen molar-refractivity contribution in [3.8, 4) is 11.4 Å². The first-order valence-corrected chi connectivity index (χ1v) is 9.68. The molecule has 0 aliphatic heterocycles. The summed E-state index contributed by atoms with van der Waals surface area (Å²) in [6, 6.07) is 14.0. The molecular formula is C19H19N3OS2. The van der Waals surface area contributed by atoms with Gasteiger partial charge in [0.25, 0.3) is 0 Å². The van der Waals surface area contributed by atoms with E-state index in [2.05, 4.69) is 14.7 Å². The van der Waals surface area contributed by atoms with E-state index in [9.17, 15) is 4.79 Å². The van der Waals surface area contributed by atoms with Crippen LogP contribution in [0.5, 0.6) is 0 Å². The van der Waals surface area contributed by atoms with Gasteiger partial charge in [-0.3, -0.25) is 4.79 Å². The average molecular weight is 370 g/mol. The highest BCUT2D eigenvalue weighted by Crippen LogP contribution is 2.26. The lowest BCUT2D eigenvalue weighted by molar-refractivity contribution is -0.113. The van der Waals surface area contributed by atoms with Crippen LogP contribution >= 0.6 is 23.3 Å². The lowest BCUT2D eigenvalue weighted by Gasteiger charge is -2.09. The molecule has 0 spiro atoms. The first-order chi connectivity index (χ1) is 12.0. The van der Waals surface area contributed by atoms with Crippen LogP contribution in [0.15, 0.2) is 46.8 Å². The Bertz CT molecular complexity index is 888. The monoisotopic (exact) mass is 369 g/mol. The third kappa shape index (κ3) is 4.46. The molecule has 3 aromatic rings. The molecule has 4 nitrogen and oxygen atoms in total. The Hall–Kier alpha value is -2.18. The largest absolute Gasteiger partial charge is 0.325 e. The van der Waals surface area contributed by atoms with E-state index in [-0.39, 0.29) is 5.91 Å². The Morgan fingerprint density at radius 2 is 1.88 bits per heavy atom. The number of carbonyl (C=O) groups excluding carboxylic acids is 1. The Labute approximate surface area is 155 Å². The Kier molecular flexibility index (Phi) is 5.50. The Morgan fingerprint density at radius 3 is 2.64 bits per heavy atom. The molecule has 1 heterocycles. The van der Waals surface area contributed by atoms with Crippen LogP contribution in [0.25, 0.3) is 11.4 Å². The van der Waals surface area contributed by atoms with Crippen molar-refractivity contribution in [1.82, 2.24) is 9.36 Å². The zero-order valence-corrected chi connectivity index (χ0v) is 16.0. The molecule has 0 saturated heterocycles. The number of aryl methyl sites for hydroxylation is 2. The predicted molar refractivity (Wildman–Crippen MR) is 105 cm³/mol. The molecule has 3 rings (SSSR count). The summed E-state index contributed by atoms with van der Waals surface area (Å²) in [6.07, 6.45) is 0. The van der Waals surface area contributed by atoms with Gasteiger partial charge in [-0.25, -0.2) is 4.98 Å². The van der Waals surface area contributed by atoms with Crippen LogP contribution in [0.3, 0.4) is 0 Å². The van der Waals surface area contributed by atoms with Crippen molar-refractivity contribution in [3.63, 3.8) is 0 Å². The van der Waals surface area contributed by atoms with Crippen molar-refractivity contribution in [3.05, 3.63) is 59.2 Å². The fourth-order valence-electron chi connectivity index (χ4n) is 2.29. The summed E-state index contributed by atoms with van der Waals surface area (Å²) >= 11 is 2.73. The van der Waals surface area contributed by atoms with Crippen LogP contribution in [0.1, 0.15) is 16.7 Å². The molecule has 0 bridgehead atoms. The second kappa shape index (κ2) is 7.80. The number of benzene rings is 2. The quantitative estimate of drug-likeness (QED) is 0.653. The second-order valence-corrected chi connectivity index (χ2v) is 7.81. The van der Waals surface area contributed by atoms with Crippen LogP contribution in [-0.2, 0) is 4.79 Å². The standard InChI is InChI=1S/C19H19N3OS2/c1-12-7-9-15(10-8-12)18-21-19(25-22-18)24-11-17(23)20-16-6-4-5-13(2)14(16)3/h4-10H,11H2,1-3H3,(H,20,23). The van der Waals surface area contributed by atoms with Crippen molar-refractivity contribution < 1.29 is 4.79 Å². The summed E-state index contributed by atoms with van der Waals surface area (Å²) in [4.78, 5) is 16.7. The number of aromatic nitrogens is 2. The van der Waals surface area contributed by atoms with Gasteiger partial charge in [-0.15, -0.1) is 0 Å². The number of nitrogens with zero attached hydrogens (tertiary/aromatic N) is 2. The van der Waals surface area contributed by atoms with E-state index >= 15 is 0 Å². The summed E-state index contributed by atoms with van der Waals surface area (Å²) in [6.45, 7) is 6.10. The number of hydrogen-bond donors (Lipinski definition) is 1. The SMILES string of the molecule is Cc1ccc(-c2nsc(SCC(=O)Nc3cccc(C)c3C)n2)cc1. The number of rotatable bonds is 5. The summed E-state index contributed by atoms with van der Waals surface area (Å²) < 4.78 is 5.18. The van der Waals surface area contributed by atoms with Crippen LogP contribution < -0.4 is 5.32 Å². The van der Waals surface area contributed by atoms with Gasteiger partial charge in [-0.1, -0.05) is 53.7 Å². The van der Waals surface area contributed by atoms with Crippen LogP contribution in [-0.4, -0.2) is 21.0 Å². The molecule has 0 fully saturated rings. The van der Waals surface area contributed by atoms with Gasteiger partial charge in [0.05, 0.1) is 5.75 Å². The van der Waals surface area contributed by atoms with Gasteiger partial charge in [-0.05, 0) is 49.5 Å². The zero-order chi connectivity index (χ0) is 17.8. The normalized spacial score (nSPS) is 10.7. The van der Waals surface area contributed by atoms with Gasteiger partial charge >= 0.3 is 0 Å². The highest BCUT2D eigenvalue weighted by molar-refractivity contribution is 8.01. The molecule has 1 aromatic heterocycles. The molecule has 1 N–H and O–H groups in total. The Balaban J connectivity index is 1.59. The number of hydrogen-bond acceptors (Lipinski definition) is 5. The van der Waals surface area contributed by atoms with E-state index in [4.69, 9.17) is 0 Å². The lowest BCUT2D eigenvalue weighted by atomic mass is 10.1. The maximum Gasteiger partial charge on any atom is 0.234 e. The maximum atomic E-state index is 12.2. The van der Waals surface area contributed by atoms with E-state index in [1.807, 2.05) is 63.2 Å². The highest BCUT2D eigenvalue weighted by Gasteiger charge is 2.11. The van der Waals surface area contributed by atoms with E-state index < -0.39 is 0 Å². The number of nitrogens with one attached hydrogen (secondary N) is 1. The van der Waals surface area contributed by atoms with Gasteiger partial charge in [0.15, 0.2) is 10.2 Å². The smallest absolute Gasteiger partial charge is 0.234 e. The summed E-state index contributed by atoms with van der Waals surface area (Å²) in [5.41, 5.74) is 5.32. The van der Waals surface area contributed by atoms with Gasteiger partial charge in [-0.2, -0.15) is 4.37 Å². The number of anilines is 1. The molecule has 1 amide bonds. The fraction of sp³-hybridized carbons (Fsp3) is 0.211. The van der Waals surface area contributed by atoms with Crippen molar-refractivity contribution in [1.29, 1.82) is 0 Å². The molecular weight excluding hydrogens is 350 g/mol. The third-order valence-corrected chi connectivity index (χ3v) is 5.76. The van der Waals surface area contributed by atoms with E-state index in [0.29, 0.717) is 11.6 Å². The first kappa shape index (κ1) is 17.6. The molecule has 128 valence electrons. The number of thioether (sulfide) groups is 1. The molecule has 0 saturated carbocycles. The molecule has 0 radical (unpaired) electrons. The third-order valence-electron chi connectivity index (χ3n) is 3.92. The minimum Gasteiger partial charge on any atom is -0.325 e. The summed E-state index contributed by atoms with van der Waals surface area (Å²) in [5, 5.41) is 2.96. The van der Waals surface area contributed by atoms with Gasteiger partial charge in [0, 0.05) is 11.3 Å². The molecule has 0 atom stereocenters. The van der Waals surface area contributed by atoms with Gasteiger partial charge in [0.1, 0.15) is 0 Å². The summed E-state index contributed by atoms with van der Waals surface area (Å²) in [5.74, 6) is 0.990. The van der Waals surface area contributed by atoms with Crippen LogP contribution in [0, 0.1) is 20.8 Å². The van der Waals surface area contributed by atoms with Crippen molar-refractivity contribution in [2.45, 2.75) is 25.1 Å². The summed E-state index contributed by atoms with van der Waals surface area (Å²) in [7, 11) is 0. The van der Waals surface area contributed by atoms with Crippen LogP contribution in [0.2, 0.25) is 0 Å². The van der Waals surface area contributed by atoms with E-state index in [1.54, 1.807) is 0 Å².